The minimum absolute atomic E-state index is 0.197. The lowest BCUT2D eigenvalue weighted by Crippen LogP contribution is -2.31. The Kier molecular flexibility index (Phi) is 6.35. The van der Waals surface area contributed by atoms with Gasteiger partial charge in [-0.25, -0.2) is 0 Å². The zero-order valence-electron chi connectivity index (χ0n) is 14.7. The van der Waals surface area contributed by atoms with E-state index in [0.29, 0.717) is 30.2 Å². The molecule has 2 rings (SSSR count). The number of rotatable bonds is 7. The fraction of sp³-hybridized carbons (Fsp3) is 0.316. The lowest BCUT2D eigenvalue weighted by Gasteiger charge is -2.22. The van der Waals surface area contributed by atoms with Crippen molar-refractivity contribution in [3.05, 3.63) is 53.3 Å². The van der Waals surface area contributed by atoms with Crippen LogP contribution in [0.2, 0.25) is 0 Å². The molecule has 0 radical (unpaired) electrons. The first-order chi connectivity index (χ1) is 12.1. The second-order valence-corrected chi connectivity index (χ2v) is 5.46. The van der Waals surface area contributed by atoms with E-state index in [1.807, 2.05) is 25.1 Å². The molecule has 0 saturated carbocycles. The van der Waals surface area contributed by atoms with Gasteiger partial charge in [-0.1, -0.05) is 6.07 Å². The Bertz CT molecular complexity index is 744. The van der Waals surface area contributed by atoms with Crippen molar-refractivity contribution in [3.63, 3.8) is 0 Å². The SMILES string of the molecule is COc1cc(C(=O)N(CCC#N)Cc2ccccn2)cc(OC)c1C. The molecule has 0 saturated heterocycles. The average molecular weight is 339 g/mol. The molecule has 0 aliphatic carbocycles. The third-order valence-corrected chi connectivity index (χ3v) is 3.86. The smallest absolute Gasteiger partial charge is 0.254 e. The second kappa shape index (κ2) is 8.69. The van der Waals surface area contributed by atoms with E-state index in [1.165, 1.54) is 0 Å². The minimum atomic E-state index is -0.197. The van der Waals surface area contributed by atoms with E-state index >= 15 is 0 Å². The highest BCUT2D eigenvalue weighted by atomic mass is 16.5. The van der Waals surface area contributed by atoms with Gasteiger partial charge in [0.2, 0.25) is 0 Å². The Labute approximate surface area is 147 Å². The maximum atomic E-state index is 13.0. The van der Waals surface area contributed by atoms with Crippen LogP contribution >= 0.6 is 0 Å². The summed E-state index contributed by atoms with van der Waals surface area (Å²) < 4.78 is 10.7. The van der Waals surface area contributed by atoms with Crippen molar-refractivity contribution in [2.75, 3.05) is 20.8 Å². The summed E-state index contributed by atoms with van der Waals surface area (Å²) in [5.74, 6) is 0.971. The number of aromatic nitrogens is 1. The molecule has 0 bridgehead atoms. The summed E-state index contributed by atoms with van der Waals surface area (Å²) in [7, 11) is 3.11. The van der Waals surface area contributed by atoms with E-state index in [2.05, 4.69) is 11.1 Å². The summed E-state index contributed by atoms with van der Waals surface area (Å²) in [6.07, 6.45) is 1.93. The standard InChI is InChI=1S/C19H21N3O3/c1-14-17(24-2)11-15(12-18(14)25-3)19(23)22(10-6-8-20)13-16-7-4-5-9-21-16/h4-5,7,9,11-12H,6,10,13H2,1-3H3. The summed E-state index contributed by atoms with van der Waals surface area (Å²) >= 11 is 0. The third-order valence-electron chi connectivity index (χ3n) is 3.86. The molecule has 2 aromatic rings. The molecule has 0 N–H and O–H groups in total. The number of hydrogen-bond donors (Lipinski definition) is 0. The van der Waals surface area contributed by atoms with Crippen LogP contribution < -0.4 is 9.47 Å². The van der Waals surface area contributed by atoms with Gasteiger partial charge in [-0.15, -0.1) is 0 Å². The molecule has 0 unspecified atom stereocenters. The quantitative estimate of drug-likeness (QED) is 0.775. The molecule has 1 amide bonds. The predicted molar refractivity (Wildman–Crippen MR) is 93.5 cm³/mol. The Morgan fingerprint density at radius 1 is 1.24 bits per heavy atom. The van der Waals surface area contributed by atoms with E-state index in [1.54, 1.807) is 37.4 Å². The van der Waals surface area contributed by atoms with Gasteiger partial charge in [0, 0.05) is 23.9 Å². The van der Waals surface area contributed by atoms with E-state index in [4.69, 9.17) is 14.7 Å². The number of ether oxygens (including phenoxy) is 2. The van der Waals surface area contributed by atoms with Gasteiger partial charge in [0.1, 0.15) is 11.5 Å². The van der Waals surface area contributed by atoms with Crippen LogP contribution in [-0.2, 0) is 6.54 Å². The van der Waals surface area contributed by atoms with Crippen LogP contribution in [0.3, 0.4) is 0 Å². The maximum Gasteiger partial charge on any atom is 0.254 e. The molecule has 6 nitrogen and oxygen atoms in total. The van der Waals surface area contributed by atoms with E-state index in [-0.39, 0.29) is 12.3 Å². The molecular weight excluding hydrogens is 318 g/mol. The average Bonchev–Trinajstić information content (AvgIpc) is 2.65. The monoisotopic (exact) mass is 339 g/mol. The van der Waals surface area contributed by atoms with Crippen molar-refractivity contribution in [2.45, 2.75) is 19.9 Å². The number of carbonyl (C=O) groups is 1. The fourth-order valence-corrected chi connectivity index (χ4v) is 2.52. The van der Waals surface area contributed by atoms with Gasteiger partial charge in [0.05, 0.1) is 38.9 Å². The summed E-state index contributed by atoms with van der Waals surface area (Å²) in [6, 6.07) is 11.0. The normalized spacial score (nSPS) is 10.0. The van der Waals surface area contributed by atoms with Crippen molar-refractivity contribution in [1.29, 1.82) is 5.26 Å². The number of nitriles is 1. The van der Waals surface area contributed by atoms with Crippen LogP contribution in [0.15, 0.2) is 36.5 Å². The van der Waals surface area contributed by atoms with Gasteiger partial charge >= 0.3 is 0 Å². The molecule has 0 aliphatic rings. The van der Waals surface area contributed by atoms with Gasteiger partial charge in [-0.05, 0) is 31.2 Å². The van der Waals surface area contributed by atoms with Gasteiger partial charge < -0.3 is 14.4 Å². The summed E-state index contributed by atoms with van der Waals surface area (Å²) in [5.41, 5.74) is 2.04. The Morgan fingerprint density at radius 2 is 1.92 bits per heavy atom. The van der Waals surface area contributed by atoms with E-state index < -0.39 is 0 Å². The lowest BCUT2D eigenvalue weighted by molar-refractivity contribution is 0.0744. The van der Waals surface area contributed by atoms with Gasteiger partial charge in [0.25, 0.3) is 5.91 Å². The molecule has 25 heavy (non-hydrogen) atoms. The highest BCUT2D eigenvalue weighted by Crippen LogP contribution is 2.30. The largest absolute Gasteiger partial charge is 0.496 e. The molecule has 0 atom stereocenters. The number of methoxy groups -OCH3 is 2. The zero-order valence-corrected chi connectivity index (χ0v) is 14.7. The van der Waals surface area contributed by atoms with Gasteiger partial charge in [-0.3, -0.25) is 9.78 Å². The highest BCUT2D eigenvalue weighted by molar-refractivity contribution is 5.95. The zero-order chi connectivity index (χ0) is 18.2. The highest BCUT2D eigenvalue weighted by Gasteiger charge is 2.20. The first-order valence-corrected chi connectivity index (χ1v) is 7.89. The number of benzene rings is 1. The van der Waals surface area contributed by atoms with Crippen LogP contribution in [0, 0.1) is 18.3 Å². The maximum absolute atomic E-state index is 13.0. The van der Waals surface area contributed by atoms with Crippen LogP contribution in [0.1, 0.15) is 28.0 Å². The molecule has 6 heteroatoms. The molecular formula is C19H21N3O3. The lowest BCUT2D eigenvalue weighted by atomic mass is 10.1. The first-order valence-electron chi connectivity index (χ1n) is 7.89. The Balaban J connectivity index is 2.34. The molecule has 0 aliphatic heterocycles. The number of pyridine rings is 1. The molecule has 1 heterocycles. The van der Waals surface area contributed by atoms with Crippen molar-refractivity contribution in [2.24, 2.45) is 0 Å². The molecule has 1 aromatic heterocycles. The number of carbonyl (C=O) groups excluding carboxylic acids is 1. The Morgan fingerprint density at radius 3 is 2.44 bits per heavy atom. The van der Waals surface area contributed by atoms with E-state index in [0.717, 1.165) is 11.3 Å². The minimum Gasteiger partial charge on any atom is -0.496 e. The van der Waals surface area contributed by atoms with Gasteiger partial charge in [0.15, 0.2) is 0 Å². The van der Waals surface area contributed by atoms with Crippen molar-refractivity contribution < 1.29 is 14.3 Å². The number of nitrogens with zero attached hydrogens (tertiary/aromatic N) is 3. The predicted octanol–water partition coefficient (Wildman–Crippen LogP) is 2.96. The Hall–Kier alpha value is -3.07. The topological polar surface area (TPSA) is 75.5 Å². The fourth-order valence-electron chi connectivity index (χ4n) is 2.52. The van der Waals surface area contributed by atoms with Crippen LogP contribution in [0.5, 0.6) is 11.5 Å². The van der Waals surface area contributed by atoms with Crippen molar-refractivity contribution >= 4 is 5.91 Å². The van der Waals surface area contributed by atoms with Crippen molar-refractivity contribution in [3.8, 4) is 17.6 Å². The van der Waals surface area contributed by atoms with Crippen molar-refractivity contribution in [1.82, 2.24) is 9.88 Å². The first kappa shape index (κ1) is 18.3. The third kappa shape index (κ3) is 4.48. The van der Waals surface area contributed by atoms with E-state index in [9.17, 15) is 4.79 Å². The van der Waals surface area contributed by atoms with Crippen LogP contribution in [0.25, 0.3) is 0 Å². The summed E-state index contributed by atoms with van der Waals surface area (Å²) in [6.45, 7) is 2.53. The molecule has 130 valence electrons. The number of hydrogen-bond acceptors (Lipinski definition) is 5. The number of amides is 1. The molecule has 0 spiro atoms. The van der Waals surface area contributed by atoms with Gasteiger partial charge in [-0.2, -0.15) is 5.26 Å². The second-order valence-electron chi connectivity index (χ2n) is 5.46. The van der Waals surface area contributed by atoms with Crippen LogP contribution in [-0.4, -0.2) is 36.6 Å². The summed E-state index contributed by atoms with van der Waals surface area (Å²) in [5, 5.41) is 8.89. The summed E-state index contributed by atoms with van der Waals surface area (Å²) in [4.78, 5) is 18.8. The molecule has 1 aromatic carbocycles. The molecule has 0 fully saturated rings. The van der Waals surface area contributed by atoms with Crippen LogP contribution in [0.4, 0.5) is 0 Å².